The second-order valence-electron chi connectivity index (χ2n) is 4.10. The number of rotatable bonds is 5. The van der Waals surface area contributed by atoms with Crippen molar-refractivity contribution in [1.29, 1.82) is 0 Å². The number of anilines is 1. The molecule has 2 N–H and O–H groups in total. The summed E-state index contributed by atoms with van der Waals surface area (Å²) in [6.45, 7) is 2.33. The average Bonchev–Trinajstić information content (AvgIpc) is 2.99. The van der Waals surface area contributed by atoms with Crippen molar-refractivity contribution in [3.63, 3.8) is 0 Å². The van der Waals surface area contributed by atoms with Crippen LogP contribution < -0.4 is 5.32 Å². The fourth-order valence-electron chi connectivity index (χ4n) is 1.50. The van der Waals surface area contributed by atoms with Gasteiger partial charge in [0.25, 0.3) is 0 Å². The minimum absolute atomic E-state index is 0.0990. The molecule has 1 heterocycles. The maximum absolute atomic E-state index is 10.4. The van der Waals surface area contributed by atoms with Crippen LogP contribution >= 0.6 is 0 Å². The Labute approximate surface area is 93.9 Å². The first kappa shape index (κ1) is 10.9. The zero-order valence-corrected chi connectivity index (χ0v) is 9.23. The molecule has 1 aromatic rings. The Morgan fingerprint density at radius 1 is 1.56 bits per heavy atom. The van der Waals surface area contributed by atoms with Gasteiger partial charge in [0.1, 0.15) is 11.6 Å². The van der Waals surface area contributed by atoms with Gasteiger partial charge < -0.3 is 10.4 Å². The number of carboxylic acids is 1. The van der Waals surface area contributed by atoms with Crippen LogP contribution in [0.2, 0.25) is 0 Å². The molecule has 0 aromatic carbocycles. The molecule has 0 aliphatic heterocycles. The Kier molecular flexibility index (Phi) is 3.03. The molecular weight excluding hydrogens is 206 g/mol. The minimum Gasteiger partial charge on any atom is -0.481 e. The summed E-state index contributed by atoms with van der Waals surface area (Å²) in [6.07, 6.45) is 2.43. The quantitative estimate of drug-likeness (QED) is 0.789. The van der Waals surface area contributed by atoms with Gasteiger partial charge in [0.05, 0.1) is 6.42 Å². The van der Waals surface area contributed by atoms with Gasteiger partial charge in [-0.1, -0.05) is 0 Å². The van der Waals surface area contributed by atoms with E-state index in [1.54, 1.807) is 0 Å². The number of carboxylic acid groups (broad SMARTS) is 1. The van der Waals surface area contributed by atoms with Crippen LogP contribution in [0.1, 0.15) is 36.7 Å². The lowest BCUT2D eigenvalue weighted by atomic mass is 10.3. The van der Waals surface area contributed by atoms with E-state index >= 15 is 0 Å². The standard InChI is InChI=1S/C11H15N3O2/c1-7-6-9(12-5-4-10(15)16)14-11(13-7)8-2-3-8/h6,8H,2-5H2,1H3,(H,15,16)(H,12,13,14). The number of aryl methyl sites for hydroxylation is 1. The van der Waals surface area contributed by atoms with Crippen molar-refractivity contribution in [2.75, 3.05) is 11.9 Å². The Morgan fingerprint density at radius 2 is 2.31 bits per heavy atom. The van der Waals surface area contributed by atoms with Crippen molar-refractivity contribution in [1.82, 2.24) is 9.97 Å². The SMILES string of the molecule is Cc1cc(NCCC(=O)O)nc(C2CC2)n1. The number of aromatic nitrogens is 2. The van der Waals surface area contributed by atoms with Crippen molar-refractivity contribution in [2.24, 2.45) is 0 Å². The van der Waals surface area contributed by atoms with E-state index in [2.05, 4.69) is 15.3 Å². The Morgan fingerprint density at radius 3 is 2.94 bits per heavy atom. The highest BCUT2D eigenvalue weighted by Crippen LogP contribution is 2.38. The lowest BCUT2D eigenvalue weighted by Gasteiger charge is -2.06. The molecule has 0 radical (unpaired) electrons. The summed E-state index contributed by atoms with van der Waals surface area (Å²) < 4.78 is 0. The van der Waals surface area contributed by atoms with Crippen LogP contribution in [0.5, 0.6) is 0 Å². The van der Waals surface area contributed by atoms with Gasteiger partial charge in [-0.3, -0.25) is 4.79 Å². The number of carbonyl (C=O) groups is 1. The van der Waals surface area contributed by atoms with Crippen LogP contribution in [0.15, 0.2) is 6.07 Å². The van der Waals surface area contributed by atoms with Gasteiger partial charge in [-0.05, 0) is 19.8 Å². The Hall–Kier alpha value is -1.65. The number of aliphatic carboxylic acids is 1. The Bertz CT molecular complexity index is 402. The van der Waals surface area contributed by atoms with Crippen LogP contribution in [0.4, 0.5) is 5.82 Å². The third-order valence-corrected chi connectivity index (χ3v) is 2.46. The van der Waals surface area contributed by atoms with Crippen LogP contribution in [-0.2, 0) is 4.79 Å². The second kappa shape index (κ2) is 4.47. The molecule has 1 aliphatic carbocycles. The predicted octanol–water partition coefficient (Wildman–Crippen LogP) is 1.55. The fourth-order valence-corrected chi connectivity index (χ4v) is 1.50. The van der Waals surface area contributed by atoms with Gasteiger partial charge in [-0.25, -0.2) is 9.97 Å². The van der Waals surface area contributed by atoms with Gasteiger partial charge in [0.15, 0.2) is 0 Å². The molecule has 1 saturated carbocycles. The summed E-state index contributed by atoms with van der Waals surface area (Å²) in [6, 6.07) is 1.84. The van der Waals surface area contributed by atoms with Crippen LogP contribution in [0.3, 0.4) is 0 Å². The van der Waals surface area contributed by atoms with Crippen molar-refractivity contribution in [3.05, 3.63) is 17.6 Å². The van der Waals surface area contributed by atoms with E-state index in [9.17, 15) is 4.79 Å². The normalized spacial score (nSPS) is 14.8. The first-order chi connectivity index (χ1) is 7.65. The molecular formula is C11H15N3O2. The molecule has 5 nitrogen and oxygen atoms in total. The molecule has 1 fully saturated rings. The third-order valence-electron chi connectivity index (χ3n) is 2.46. The molecule has 1 aliphatic rings. The van der Waals surface area contributed by atoms with Gasteiger partial charge in [-0.2, -0.15) is 0 Å². The molecule has 1 aromatic heterocycles. The van der Waals surface area contributed by atoms with Gasteiger partial charge in [0, 0.05) is 24.2 Å². The van der Waals surface area contributed by atoms with Gasteiger partial charge >= 0.3 is 5.97 Å². The number of nitrogens with zero attached hydrogens (tertiary/aromatic N) is 2. The predicted molar refractivity (Wildman–Crippen MR) is 59.5 cm³/mol. The second-order valence-corrected chi connectivity index (χ2v) is 4.10. The highest BCUT2D eigenvalue weighted by atomic mass is 16.4. The van der Waals surface area contributed by atoms with E-state index in [0.29, 0.717) is 12.5 Å². The summed E-state index contributed by atoms with van der Waals surface area (Å²) in [4.78, 5) is 19.1. The van der Waals surface area contributed by atoms with Crippen LogP contribution in [-0.4, -0.2) is 27.6 Å². The number of hydrogen-bond acceptors (Lipinski definition) is 4. The lowest BCUT2D eigenvalue weighted by molar-refractivity contribution is -0.136. The van der Waals surface area contributed by atoms with Crippen molar-refractivity contribution < 1.29 is 9.90 Å². The van der Waals surface area contributed by atoms with E-state index < -0.39 is 5.97 Å². The van der Waals surface area contributed by atoms with E-state index in [1.165, 1.54) is 0 Å². The summed E-state index contributed by atoms with van der Waals surface area (Å²) >= 11 is 0. The average molecular weight is 221 g/mol. The molecule has 0 spiro atoms. The molecule has 0 unspecified atom stereocenters. The fraction of sp³-hybridized carbons (Fsp3) is 0.545. The monoisotopic (exact) mass is 221 g/mol. The molecule has 0 bridgehead atoms. The van der Waals surface area contributed by atoms with E-state index in [0.717, 1.165) is 30.2 Å². The Balaban J connectivity index is 1.99. The zero-order valence-electron chi connectivity index (χ0n) is 9.23. The molecule has 5 heteroatoms. The van der Waals surface area contributed by atoms with Crippen molar-refractivity contribution in [2.45, 2.75) is 32.1 Å². The molecule has 86 valence electrons. The summed E-state index contributed by atoms with van der Waals surface area (Å²) in [5, 5.41) is 11.5. The summed E-state index contributed by atoms with van der Waals surface area (Å²) in [5.41, 5.74) is 0.926. The highest BCUT2D eigenvalue weighted by Gasteiger charge is 2.26. The molecule has 2 rings (SSSR count). The van der Waals surface area contributed by atoms with Crippen molar-refractivity contribution >= 4 is 11.8 Å². The molecule has 16 heavy (non-hydrogen) atoms. The highest BCUT2D eigenvalue weighted by molar-refractivity contribution is 5.67. The van der Waals surface area contributed by atoms with Gasteiger partial charge in [0.2, 0.25) is 0 Å². The van der Waals surface area contributed by atoms with E-state index in [-0.39, 0.29) is 6.42 Å². The van der Waals surface area contributed by atoms with Crippen LogP contribution in [0.25, 0.3) is 0 Å². The smallest absolute Gasteiger partial charge is 0.305 e. The number of hydrogen-bond donors (Lipinski definition) is 2. The third kappa shape index (κ3) is 2.92. The van der Waals surface area contributed by atoms with Gasteiger partial charge in [-0.15, -0.1) is 0 Å². The summed E-state index contributed by atoms with van der Waals surface area (Å²) in [5.74, 6) is 1.33. The maximum Gasteiger partial charge on any atom is 0.305 e. The lowest BCUT2D eigenvalue weighted by Crippen LogP contribution is -2.10. The van der Waals surface area contributed by atoms with Crippen LogP contribution in [0, 0.1) is 6.92 Å². The summed E-state index contributed by atoms with van der Waals surface area (Å²) in [7, 11) is 0. The van der Waals surface area contributed by atoms with Crippen molar-refractivity contribution in [3.8, 4) is 0 Å². The first-order valence-electron chi connectivity index (χ1n) is 5.46. The maximum atomic E-state index is 10.4. The molecule has 0 atom stereocenters. The van der Waals surface area contributed by atoms with E-state index in [4.69, 9.17) is 5.11 Å². The minimum atomic E-state index is -0.805. The zero-order chi connectivity index (χ0) is 11.5. The molecule has 0 saturated heterocycles. The van der Waals surface area contributed by atoms with E-state index in [1.807, 2.05) is 13.0 Å². The molecule has 0 amide bonds. The largest absolute Gasteiger partial charge is 0.481 e. The number of nitrogens with one attached hydrogen (secondary N) is 1. The topological polar surface area (TPSA) is 75.1 Å². The first-order valence-corrected chi connectivity index (χ1v) is 5.46.